The average molecular weight is 364 g/mol. The highest BCUT2D eigenvalue weighted by Crippen LogP contribution is 2.26. The van der Waals surface area contributed by atoms with Gasteiger partial charge in [0, 0.05) is 11.5 Å². The lowest BCUT2D eigenvalue weighted by Gasteiger charge is -2.16. The predicted molar refractivity (Wildman–Crippen MR) is 96.1 cm³/mol. The molecular weight excluding hydrogens is 344 g/mol. The highest BCUT2D eigenvalue weighted by molar-refractivity contribution is 7.99. The first-order chi connectivity index (χ1) is 11.6. The highest BCUT2D eigenvalue weighted by Gasteiger charge is 2.23. The van der Waals surface area contributed by atoms with E-state index in [0.717, 1.165) is 11.8 Å². The molecular formula is C15H20N6O3S. The van der Waals surface area contributed by atoms with Crippen molar-refractivity contribution in [1.29, 1.82) is 0 Å². The van der Waals surface area contributed by atoms with E-state index in [1.54, 1.807) is 13.0 Å². The van der Waals surface area contributed by atoms with Crippen LogP contribution in [0.4, 0.5) is 11.4 Å². The zero-order valence-corrected chi connectivity index (χ0v) is 15.3. The summed E-state index contributed by atoms with van der Waals surface area (Å²) in [7, 11) is 0. The summed E-state index contributed by atoms with van der Waals surface area (Å²) in [6.45, 7) is 7.48. The standard InChI is InChI=1S/C15H20N6O3S/c1-9-10(6-5-7-11(9)21(23)24)17-12(22)8-25-14-19-18-13(20(14)16)15(2,3)4/h5-7H,8,16H2,1-4H3,(H,17,22). The Morgan fingerprint density at radius 3 is 2.64 bits per heavy atom. The van der Waals surface area contributed by atoms with E-state index >= 15 is 0 Å². The Bertz CT molecular complexity index is 812. The quantitative estimate of drug-likeness (QED) is 0.360. The van der Waals surface area contributed by atoms with Gasteiger partial charge in [0.15, 0.2) is 5.82 Å². The second-order valence-corrected chi connectivity index (χ2v) is 7.41. The predicted octanol–water partition coefficient (Wildman–Crippen LogP) is 2.24. The molecule has 2 aromatic rings. The molecule has 1 aromatic heterocycles. The Hall–Kier alpha value is -2.62. The van der Waals surface area contributed by atoms with E-state index < -0.39 is 4.92 Å². The lowest BCUT2D eigenvalue weighted by molar-refractivity contribution is -0.385. The molecule has 2 rings (SSSR count). The summed E-state index contributed by atoms with van der Waals surface area (Å²) in [5, 5.41) is 22.1. The SMILES string of the molecule is Cc1c(NC(=O)CSc2nnc(C(C)(C)C)n2N)cccc1[N+](=O)[O-]. The molecule has 25 heavy (non-hydrogen) atoms. The summed E-state index contributed by atoms with van der Waals surface area (Å²) in [5.41, 5.74) is 0.511. The molecule has 0 bridgehead atoms. The number of anilines is 1. The van der Waals surface area contributed by atoms with Crippen LogP contribution in [0, 0.1) is 17.0 Å². The Morgan fingerprint density at radius 2 is 2.08 bits per heavy atom. The molecule has 0 radical (unpaired) electrons. The second kappa shape index (κ2) is 7.09. The number of amides is 1. The van der Waals surface area contributed by atoms with Crippen molar-refractivity contribution in [3.63, 3.8) is 0 Å². The molecule has 0 aliphatic heterocycles. The molecule has 0 saturated heterocycles. The number of thioether (sulfide) groups is 1. The fourth-order valence-corrected chi connectivity index (χ4v) is 2.82. The van der Waals surface area contributed by atoms with Crippen LogP contribution in [0.25, 0.3) is 0 Å². The number of nitrogens with one attached hydrogen (secondary N) is 1. The largest absolute Gasteiger partial charge is 0.336 e. The zero-order chi connectivity index (χ0) is 18.8. The van der Waals surface area contributed by atoms with Gasteiger partial charge in [0.25, 0.3) is 5.69 Å². The van der Waals surface area contributed by atoms with E-state index in [9.17, 15) is 14.9 Å². The Balaban J connectivity index is 2.04. The van der Waals surface area contributed by atoms with Crippen LogP contribution < -0.4 is 11.2 Å². The summed E-state index contributed by atoms with van der Waals surface area (Å²) in [4.78, 5) is 22.6. The van der Waals surface area contributed by atoms with Crippen molar-refractivity contribution in [2.45, 2.75) is 38.3 Å². The average Bonchev–Trinajstić information content (AvgIpc) is 2.88. The van der Waals surface area contributed by atoms with E-state index in [-0.39, 0.29) is 22.8 Å². The van der Waals surface area contributed by atoms with Crippen LogP contribution in [-0.2, 0) is 10.2 Å². The molecule has 9 nitrogen and oxygen atoms in total. The number of hydrogen-bond acceptors (Lipinski definition) is 7. The molecule has 10 heteroatoms. The van der Waals surface area contributed by atoms with E-state index in [1.165, 1.54) is 16.8 Å². The minimum atomic E-state index is -0.481. The third-order valence-corrected chi connectivity index (χ3v) is 4.39. The van der Waals surface area contributed by atoms with Crippen LogP contribution in [0.5, 0.6) is 0 Å². The Morgan fingerprint density at radius 1 is 1.40 bits per heavy atom. The van der Waals surface area contributed by atoms with Crippen molar-refractivity contribution in [3.05, 3.63) is 39.7 Å². The molecule has 1 amide bonds. The van der Waals surface area contributed by atoms with Gasteiger partial charge in [0.1, 0.15) is 0 Å². The van der Waals surface area contributed by atoms with Crippen LogP contribution in [0.1, 0.15) is 32.2 Å². The van der Waals surface area contributed by atoms with Crippen LogP contribution in [-0.4, -0.2) is 31.5 Å². The molecule has 0 spiro atoms. The molecule has 134 valence electrons. The van der Waals surface area contributed by atoms with Gasteiger partial charge in [-0.3, -0.25) is 14.9 Å². The van der Waals surface area contributed by atoms with Crippen molar-refractivity contribution in [2.24, 2.45) is 0 Å². The number of nitrogens with two attached hydrogens (primary N) is 1. The first-order valence-corrected chi connectivity index (χ1v) is 8.47. The molecule has 3 N–H and O–H groups in total. The van der Waals surface area contributed by atoms with Crippen LogP contribution in [0.3, 0.4) is 0 Å². The van der Waals surface area contributed by atoms with Crippen molar-refractivity contribution in [3.8, 4) is 0 Å². The highest BCUT2D eigenvalue weighted by atomic mass is 32.2. The maximum atomic E-state index is 12.1. The second-order valence-electron chi connectivity index (χ2n) is 6.47. The van der Waals surface area contributed by atoms with Crippen molar-refractivity contribution in [2.75, 3.05) is 16.9 Å². The van der Waals surface area contributed by atoms with E-state index in [2.05, 4.69) is 15.5 Å². The number of nitrogen functional groups attached to an aromatic ring is 1. The summed E-state index contributed by atoms with van der Waals surface area (Å²) >= 11 is 1.15. The third-order valence-electron chi connectivity index (χ3n) is 3.44. The fraction of sp³-hybridized carbons (Fsp3) is 0.400. The number of nitrogens with zero attached hydrogens (tertiary/aromatic N) is 4. The Kier molecular flexibility index (Phi) is 5.31. The summed E-state index contributed by atoms with van der Waals surface area (Å²) in [6.07, 6.45) is 0. The van der Waals surface area contributed by atoms with Gasteiger partial charge in [-0.1, -0.05) is 38.6 Å². The van der Waals surface area contributed by atoms with Gasteiger partial charge >= 0.3 is 0 Å². The summed E-state index contributed by atoms with van der Waals surface area (Å²) in [5.74, 6) is 6.33. The summed E-state index contributed by atoms with van der Waals surface area (Å²) < 4.78 is 1.37. The van der Waals surface area contributed by atoms with Gasteiger partial charge < -0.3 is 11.2 Å². The smallest absolute Gasteiger partial charge is 0.274 e. The number of carbonyl (C=O) groups is 1. The first-order valence-electron chi connectivity index (χ1n) is 7.49. The van der Waals surface area contributed by atoms with Gasteiger partial charge in [0.05, 0.1) is 21.9 Å². The lowest BCUT2D eigenvalue weighted by atomic mass is 9.96. The van der Waals surface area contributed by atoms with Crippen molar-refractivity contribution < 1.29 is 9.72 Å². The molecule has 1 aromatic carbocycles. The minimum absolute atomic E-state index is 0.0398. The number of rotatable bonds is 5. The fourth-order valence-electron chi connectivity index (χ4n) is 2.16. The lowest BCUT2D eigenvalue weighted by Crippen LogP contribution is -2.24. The molecule has 0 atom stereocenters. The van der Waals surface area contributed by atoms with Crippen molar-refractivity contribution >= 4 is 29.0 Å². The zero-order valence-electron chi connectivity index (χ0n) is 14.4. The van der Waals surface area contributed by atoms with Crippen molar-refractivity contribution in [1.82, 2.24) is 14.9 Å². The van der Waals surface area contributed by atoms with Gasteiger partial charge in [0.2, 0.25) is 11.1 Å². The maximum Gasteiger partial charge on any atom is 0.274 e. The summed E-state index contributed by atoms with van der Waals surface area (Å²) in [6, 6.07) is 4.54. The van der Waals surface area contributed by atoms with E-state index in [1.807, 2.05) is 20.8 Å². The normalized spacial score (nSPS) is 11.4. The number of nitro benzene ring substituents is 1. The van der Waals surface area contributed by atoms with Gasteiger partial charge in [-0.05, 0) is 13.0 Å². The van der Waals surface area contributed by atoms with E-state index in [4.69, 9.17) is 5.84 Å². The minimum Gasteiger partial charge on any atom is -0.336 e. The van der Waals surface area contributed by atoms with Crippen LogP contribution >= 0.6 is 11.8 Å². The van der Waals surface area contributed by atoms with E-state index in [0.29, 0.717) is 22.2 Å². The number of aromatic nitrogens is 3. The molecule has 0 saturated carbocycles. The molecule has 1 heterocycles. The Labute approximate surface area is 149 Å². The van der Waals surface area contributed by atoms with Gasteiger partial charge in [-0.2, -0.15) is 0 Å². The van der Waals surface area contributed by atoms with Crippen LogP contribution in [0.2, 0.25) is 0 Å². The number of carbonyl (C=O) groups excluding carboxylic acids is 1. The molecule has 0 aliphatic rings. The maximum absolute atomic E-state index is 12.1. The number of benzene rings is 1. The topological polar surface area (TPSA) is 129 Å². The van der Waals surface area contributed by atoms with Crippen LogP contribution in [0.15, 0.2) is 23.4 Å². The number of nitro groups is 1. The number of hydrogen-bond donors (Lipinski definition) is 2. The van der Waals surface area contributed by atoms with Gasteiger partial charge in [-0.25, -0.2) is 4.68 Å². The molecule has 0 aliphatic carbocycles. The third kappa shape index (κ3) is 4.27. The first kappa shape index (κ1) is 18.7. The monoisotopic (exact) mass is 364 g/mol. The molecule has 0 fully saturated rings. The molecule has 0 unspecified atom stereocenters. The van der Waals surface area contributed by atoms with Gasteiger partial charge in [-0.15, -0.1) is 10.2 Å².